The van der Waals surface area contributed by atoms with Crippen LogP contribution in [-0.2, 0) is 9.59 Å². The van der Waals surface area contributed by atoms with Gasteiger partial charge in [-0.15, -0.1) is 0 Å². The maximum Gasteiger partial charge on any atom is 0.234 e. The summed E-state index contributed by atoms with van der Waals surface area (Å²) >= 11 is 13.2. The molecule has 0 fully saturated rings. The second-order valence-electron chi connectivity index (χ2n) is 7.19. The maximum atomic E-state index is 12.5. The summed E-state index contributed by atoms with van der Waals surface area (Å²) in [6.45, 7) is 0. The van der Waals surface area contributed by atoms with E-state index in [0.29, 0.717) is 26.3 Å². The van der Waals surface area contributed by atoms with Crippen molar-refractivity contribution in [1.82, 2.24) is 5.32 Å². The molecule has 1 atom stereocenters. The van der Waals surface area contributed by atoms with Gasteiger partial charge in [0.2, 0.25) is 11.8 Å². The molecule has 0 spiro atoms. The minimum absolute atomic E-state index is 0.00804. The number of anilines is 1. The summed E-state index contributed by atoms with van der Waals surface area (Å²) in [7, 11) is 0. The van der Waals surface area contributed by atoms with Crippen molar-refractivity contribution in [2.24, 2.45) is 0 Å². The third-order valence-corrected chi connectivity index (χ3v) is 6.69. The fraction of sp³-hybridized carbons (Fsp3) is 0.125. The zero-order valence-corrected chi connectivity index (χ0v) is 19.0. The summed E-state index contributed by atoms with van der Waals surface area (Å²) in [5, 5.41) is 18.6. The normalized spacial score (nSPS) is 15.9. The molecule has 160 valence electrons. The molecule has 2 N–H and O–H groups in total. The first-order chi connectivity index (χ1) is 15.5. The quantitative estimate of drug-likeness (QED) is 0.478. The molecule has 3 aromatic rings. The summed E-state index contributed by atoms with van der Waals surface area (Å²) in [5.41, 5.74) is 1.77. The first kappa shape index (κ1) is 22.2. The van der Waals surface area contributed by atoms with Crippen molar-refractivity contribution >= 4 is 63.2 Å². The molecule has 1 heterocycles. The Morgan fingerprint density at radius 3 is 2.75 bits per heavy atom. The highest BCUT2D eigenvalue weighted by Crippen LogP contribution is 2.38. The van der Waals surface area contributed by atoms with Gasteiger partial charge in [0.25, 0.3) is 0 Å². The molecule has 0 radical (unpaired) electrons. The van der Waals surface area contributed by atoms with E-state index in [1.54, 1.807) is 18.2 Å². The van der Waals surface area contributed by atoms with Crippen LogP contribution in [0.4, 0.5) is 5.69 Å². The Bertz CT molecular complexity index is 1290. The van der Waals surface area contributed by atoms with Crippen LogP contribution in [0.1, 0.15) is 17.9 Å². The Hall–Kier alpha value is -2.98. The predicted octanol–water partition coefficient (Wildman–Crippen LogP) is 5.86. The van der Waals surface area contributed by atoms with E-state index in [0.717, 1.165) is 28.1 Å². The molecular formula is C24H17Cl2N3O2S. The monoisotopic (exact) mass is 481 g/mol. The average molecular weight is 482 g/mol. The van der Waals surface area contributed by atoms with Gasteiger partial charge in [0.15, 0.2) is 0 Å². The SMILES string of the molecule is N#CC1=C(SCC(=O)Nc2cc(Cl)ccc2Cl)NC(=O)C[C@@H]1c1cccc2ccccc12. The van der Waals surface area contributed by atoms with Gasteiger partial charge >= 0.3 is 0 Å². The third kappa shape index (κ3) is 4.76. The summed E-state index contributed by atoms with van der Waals surface area (Å²) in [6.07, 6.45) is 0.172. The van der Waals surface area contributed by atoms with Gasteiger partial charge in [-0.25, -0.2) is 0 Å². The lowest BCUT2D eigenvalue weighted by molar-refractivity contribution is -0.121. The lowest BCUT2D eigenvalue weighted by atomic mass is 9.84. The van der Waals surface area contributed by atoms with Gasteiger partial charge in [-0.05, 0) is 34.5 Å². The molecule has 0 bridgehead atoms. The maximum absolute atomic E-state index is 12.5. The van der Waals surface area contributed by atoms with Crippen LogP contribution >= 0.6 is 35.0 Å². The van der Waals surface area contributed by atoms with E-state index < -0.39 is 0 Å². The van der Waals surface area contributed by atoms with Crippen molar-refractivity contribution in [3.8, 4) is 6.07 Å². The van der Waals surface area contributed by atoms with Gasteiger partial charge in [0.1, 0.15) is 0 Å². The van der Waals surface area contributed by atoms with Crippen LogP contribution in [-0.4, -0.2) is 17.6 Å². The molecule has 1 aliphatic heterocycles. The van der Waals surface area contributed by atoms with Gasteiger partial charge in [-0.1, -0.05) is 77.4 Å². The highest BCUT2D eigenvalue weighted by molar-refractivity contribution is 8.03. The molecule has 4 rings (SSSR count). The number of benzene rings is 3. The first-order valence-corrected chi connectivity index (χ1v) is 11.5. The zero-order valence-electron chi connectivity index (χ0n) is 16.7. The summed E-state index contributed by atoms with van der Waals surface area (Å²) in [6, 6.07) is 20.8. The fourth-order valence-electron chi connectivity index (χ4n) is 3.67. The molecule has 0 saturated heterocycles. The van der Waals surface area contributed by atoms with Crippen LogP contribution in [0, 0.1) is 11.3 Å². The topological polar surface area (TPSA) is 82.0 Å². The van der Waals surface area contributed by atoms with E-state index in [4.69, 9.17) is 23.2 Å². The molecule has 0 aromatic heterocycles. The Balaban J connectivity index is 1.59. The van der Waals surface area contributed by atoms with Crippen LogP contribution in [0.2, 0.25) is 10.0 Å². The number of nitriles is 1. The number of rotatable bonds is 5. The lowest BCUT2D eigenvalue weighted by Crippen LogP contribution is -2.31. The Morgan fingerprint density at radius 2 is 1.94 bits per heavy atom. The minimum Gasteiger partial charge on any atom is -0.324 e. The number of nitrogens with zero attached hydrogens (tertiary/aromatic N) is 1. The number of thioether (sulfide) groups is 1. The third-order valence-electron chi connectivity index (χ3n) is 5.10. The second-order valence-corrected chi connectivity index (χ2v) is 9.02. The molecule has 5 nitrogen and oxygen atoms in total. The number of carbonyl (C=O) groups excluding carboxylic acids is 2. The Kier molecular flexibility index (Phi) is 6.71. The van der Waals surface area contributed by atoms with Crippen LogP contribution in [0.3, 0.4) is 0 Å². The van der Waals surface area contributed by atoms with Gasteiger partial charge in [0, 0.05) is 17.4 Å². The van der Waals surface area contributed by atoms with E-state index >= 15 is 0 Å². The number of hydrogen-bond acceptors (Lipinski definition) is 4. The number of halogens is 2. The van der Waals surface area contributed by atoms with E-state index in [1.807, 2.05) is 42.5 Å². The van der Waals surface area contributed by atoms with Crippen molar-refractivity contribution in [2.45, 2.75) is 12.3 Å². The average Bonchev–Trinajstić information content (AvgIpc) is 2.79. The summed E-state index contributed by atoms with van der Waals surface area (Å²) in [5.74, 6) is -0.910. The highest BCUT2D eigenvalue weighted by Gasteiger charge is 2.30. The zero-order chi connectivity index (χ0) is 22.7. The molecule has 2 amide bonds. The van der Waals surface area contributed by atoms with E-state index in [1.165, 1.54) is 0 Å². The summed E-state index contributed by atoms with van der Waals surface area (Å²) < 4.78 is 0. The van der Waals surface area contributed by atoms with Gasteiger partial charge < -0.3 is 10.6 Å². The Labute approximate surface area is 199 Å². The number of carbonyl (C=O) groups is 2. The largest absolute Gasteiger partial charge is 0.324 e. The van der Waals surface area contributed by atoms with Gasteiger partial charge in [-0.2, -0.15) is 5.26 Å². The number of amides is 2. The smallest absolute Gasteiger partial charge is 0.234 e. The summed E-state index contributed by atoms with van der Waals surface area (Å²) in [4.78, 5) is 24.9. The van der Waals surface area contributed by atoms with Crippen molar-refractivity contribution < 1.29 is 9.59 Å². The second kappa shape index (κ2) is 9.66. The molecule has 0 unspecified atom stereocenters. The standard InChI is InChI=1S/C24H17Cl2N3O2S/c25-15-8-9-20(26)21(10-15)28-23(31)13-32-24-19(12-27)18(11-22(30)29-24)17-7-3-5-14-4-1-2-6-16(14)17/h1-10,18H,11,13H2,(H,28,31)(H,29,30)/t18-/m1/s1. The van der Waals surface area contributed by atoms with Gasteiger partial charge in [0.05, 0.1) is 33.1 Å². The van der Waals surface area contributed by atoms with Crippen LogP contribution in [0.15, 0.2) is 71.3 Å². The molecule has 0 aliphatic carbocycles. The predicted molar refractivity (Wildman–Crippen MR) is 130 cm³/mol. The van der Waals surface area contributed by atoms with Crippen LogP contribution in [0.25, 0.3) is 10.8 Å². The molecule has 8 heteroatoms. The van der Waals surface area contributed by atoms with E-state index in [9.17, 15) is 14.9 Å². The molecule has 0 saturated carbocycles. The van der Waals surface area contributed by atoms with Crippen molar-refractivity contribution in [3.05, 3.63) is 86.9 Å². The molecular weight excluding hydrogens is 465 g/mol. The van der Waals surface area contributed by atoms with E-state index in [-0.39, 0.29) is 29.9 Å². The number of hydrogen-bond donors (Lipinski definition) is 2. The number of allylic oxidation sites excluding steroid dienone is 1. The lowest BCUT2D eigenvalue weighted by Gasteiger charge is -2.26. The van der Waals surface area contributed by atoms with Crippen molar-refractivity contribution in [1.29, 1.82) is 5.26 Å². The Morgan fingerprint density at radius 1 is 1.16 bits per heavy atom. The number of nitrogens with one attached hydrogen (secondary N) is 2. The van der Waals surface area contributed by atoms with E-state index in [2.05, 4.69) is 16.7 Å². The molecule has 32 heavy (non-hydrogen) atoms. The fourth-order valence-corrected chi connectivity index (χ4v) is 4.88. The van der Waals surface area contributed by atoms with Crippen LogP contribution in [0.5, 0.6) is 0 Å². The number of fused-ring (bicyclic) bond motifs is 1. The van der Waals surface area contributed by atoms with Gasteiger partial charge in [-0.3, -0.25) is 9.59 Å². The van der Waals surface area contributed by atoms with Crippen molar-refractivity contribution in [3.63, 3.8) is 0 Å². The molecule has 1 aliphatic rings. The van der Waals surface area contributed by atoms with Crippen LogP contribution < -0.4 is 10.6 Å². The molecule has 3 aromatic carbocycles. The highest BCUT2D eigenvalue weighted by atomic mass is 35.5. The first-order valence-electron chi connectivity index (χ1n) is 9.75. The van der Waals surface area contributed by atoms with Crippen molar-refractivity contribution in [2.75, 3.05) is 11.1 Å². The minimum atomic E-state index is -0.382.